The van der Waals surface area contributed by atoms with Gasteiger partial charge in [0, 0.05) is 0 Å². The van der Waals surface area contributed by atoms with E-state index >= 15 is 0 Å². The molecule has 0 saturated heterocycles. The summed E-state index contributed by atoms with van der Waals surface area (Å²) in [5.41, 5.74) is 7.18. The van der Waals surface area contributed by atoms with Crippen LogP contribution >= 0.6 is 11.6 Å². The molecule has 0 aliphatic rings. The molecule has 1 aromatic carbocycles. The molecule has 1 unspecified atom stereocenters. The van der Waals surface area contributed by atoms with Crippen molar-refractivity contribution in [3.05, 3.63) is 40.5 Å². The molecule has 21 heavy (non-hydrogen) atoms. The van der Waals surface area contributed by atoms with Crippen LogP contribution in [0.1, 0.15) is 24.2 Å². The molecule has 0 fully saturated rings. The average Bonchev–Trinajstić information content (AvgIpc) is 2.65. The lowest BCUT2D eigenvalue weighted by molar-refractivity contribution is -0.274. The van der Waals surface area contributed by atoms with Crippen LogP contribution in [-0.2, 0) is 0 Å². The van der Waals surface area contributed by atoms with E-state index in [1.54, 1.807) is 6.92 Å². The number of nitrogens with zero attached hydrogens (tertiary/aromatic N) is 2. The number of rotatable bonds is 3. The van der Waals surface area contributed by atoms with Crippen LogP contribution in [0.3, 0.4) is 0 Å². The number of nitrogens with two attached hydrogens (primary N) is 1. The third-order valence-corrected chi connectivity index (χ3v) is 3.48. The molecule has 0 saturated carbocycles. The molecule has 0 aliphatic carbocycles. The third-order valence-electron chi connectivity index (χ3n) is 3.01. The van der Waals surface area contributed by atoms with Crippen LogP contribution in [-0.4, -0.2) is 16.1 Å². The number of hydrogen-bond donors (Lipinski definition) is 1. The highest BCUT2D eigenvalue weighted by Crippen LogP contribution is 2.30. The van der Waals surface area contributed by atoms with Gasteiger partial charge in [0.15, 0.2) is 0 Å². The van der Waals surface area contributed by atoms with Gasteiger partial charge < -0.3 is 10.5 Å². The highest BCUT2D eigenvalue weighted by molar-refractivity contribution is 6.33. The van der Waals surface area contributed by atoms with E-state index in [0.29, 0.717) is 16.5 Å². The average molecular weight is 320 g/mol. The highest BCUT2D eigenvalue weighted by Gasteiger charge is 2.31. The first kappa shape index (κ1) is 15.5. The summed E-state index contributed by atoms with van der Waals surface area (Å²) < 4.78 is 41.6. The van der Waals surface area contributed by atoms with Crippen molar-refractivity contribution in [1.29, 1.82) is 0 Å². The lowest BCUT2D eigenvalue weighted by atomic mass is 10.1. The van der Waals surface area contributed by atoms with E-state index in [-0.39, 0.29) is 11.8 Å². The standard InChI is InChI=1S/C13H13ClF3N3O/c1-7-11(14)12(18)20(19-7)8(2)9-3-5-10(6-4-9)21-13(15,16)17/h3-6,8H,18H2,1-2H3. The van der Waals surface area contributed by atoms with Crippen LogP contribution in [0.2, 0.25) is 5.02 Å². The Bertz CT molecular complexity index is 637. The first-order chi connectivity index (χ1) is 9.69. The van der Waals surface area contributed by atoms with Crippen LogP contribution in [0.5, 0.6) is 5.75 Å². The SMILES string of the molecule is Cc1nn(C(C)c2ccc(OC(F)(F)F)cc2)c(N)c1Cl. The molecular weight excluding hydrogens is 307 g/mol. The van der Waals surface area contributed by atoms with E-state index in [0.717, 1.165) is 5.56 Å². The molecule has 1 heterocycles. The molecule has 4 nitrogen and oxygen atoms in total. The Hall–Kier alpha value is -1.89. The normalized spacial score (nSPS) is 13.2. The Labute approximate surface area is 124 Å². The highest BCUT2D eigenvalue weighted by atomic mass is 35.5. The van der Waals surface area contributed by atoms with Crippen LogP contribution in [0.25, 0.3) is 0 Å². The molecule has 114 valence electrons. The number of nitrogen functional groups attached to an aromatic ring is 1. The van der Waals surface area contributed by atoms with Gasteiger partial charge in [0.2, 0.25) is 0 Å². The third kappa shape index (κ3) is 3.41. The van der Waals surface area contributed by atoms with E-state index in [2.05, 4.69) is 9.84 Å². The zero-order valence-electron chi connectivity index (χ0n) is 11.3. The van der Waals surface area contributed by atoms with Gasteiger partial charge in [-0.1, -0.05) is 23.7 Å². The minimum absolute atomic E-state index is 0.267. The number of halogens is 4. The maximum absolute atomic E-state index is 12.1. The van der Waals surface area contributed by atoms with Crippen LogP contribution < -0.4 is 10.5 Å². The van der Waals surface area contributed by atoms with E-state index in [9.17, 15) is 13.2 Å². The van der Waals surface area contributed by atoms with Gasteiger partial charge in [0.1, 0.15) is 16.6 Å². The molecule has 0 aliphatic heterocycles. The van der Waals surface area contributed by atoms with Gasteiger partial charge in [-0.15, -0.1) is 13.2 Å². The lowest BCUT2D eigenvalue weighted by Crippen LogP contribution is -2.17. The summed E-state index contributed by atoms with van der Waals surface area (Å²) in [6, 6.07) is 5.27. The molecule has 0 spiro atoms. The van der Waals surface area contributed by atoms with Gasteiger partial charge in [-0.05, 0) is 31.5 Å². The number of benzene rings is 1. The summed E-state index contributed by atoms with van der Waals surface area (Å²) in [4.78, 5) is 0. The van der Waals surface area contributed by atoms with Crippen molar-refractivity contribution in [2.75, 3.05) is 5.73 Å². The molecule has 0 radical (unpaired) electrons. The summed E-state index contributed by atoms with van der Waals surface area (Å²) in [7, 11) is 0. The van der Waals surface area contributed by atoms with Crippen molar-refractivity contribution in [2.24, 2.45) is 0 Å². The smallest absolute Gasteiger partial charge is 0.406 e. The zero-order chi connectivity index (χ0) is 15.8. The number of aryl methyl sites for hydroxylation is 1. The Balaban J connectivity index is 2.24. The number of ether oxygens (including phenoxy) is 1. The maximum atomic E-state index is 12.1. The fraction of sp³-hybridized carbons (Fsp3) is 0.308. The maximum Gasteiger partial charge on any atom is 0.573 e. The summed E-state index contributed by atoms with van der Waals surface area (Å²) >= 11 is 5.97. The Morgan fingerprint density at radius 2 is 1.86 bits per heavy atom. The van der Waals surface area contributed by atoms with E-state index in [1.807, 2.05) is 6.92 Å². The van der Waals surface area contributed by atoms with Crippen molar-refractivity contribution in [3.63, 3.8) is 0 Å². The molecule has 1 aromatic heterocycles. The second kappa shape index (κ2) is 5.48. The van der Waals surface area contributed by atoms with Crippen molar-refractivity contribution >= 4 is 17.4 Å². The molecule has 8 heteroatoms. The number of hydrogen-bond acceptors (Lipinski definition) is 3. The van der Waals surface area contributed by atoms with Gasteiger partial charge in [-0.3, -0.25) is 0 Å². The van der Waals surface area contributed by atoms with Crippen molar-refractivity contribution in [2.45, 2.75) is 26.3 Å². The summed E-state index contributed by atoms with van der Waals surface area (Å²) in [5.74, 6) is 0.0402. The molecule has 2 aromatic rings. The van der Waals surface area contributed by atoms with Gasteiger partial charge in [-0.25, -0.2) is 4.68 Å². The van der Waals surface area contributed by atoms with Gasteiger partial charge in [0.05, 0.1) is 11.7 Å². The van der Waals surface area contributed by atoms with Crippen LogP contribution in [0.4, 0.5) is 19.0 Å². The quantitative estimate of drug-likeness (QED) is 0.932. The molecule has 0 amide bonds. The predicted molar refractivity (Wildman–Crippen MR) is 73.3 cm³/mol. The first-order valence-electron chi connectivity index (χ1n) is 6.05. The largest absolute Gasteiger partial charge is 0.573 e. The van der Waals surface area contributed by atoms with E-state index in [1.165, 1.54) is 28.9 Å². The topological polar surface area (TPSA) is 53.1 Å². The van der Waals surface area contributed by atoms with E-state index in [4.69, 9.17) is 17.3 Å². The molecule has 1 atom stereocenters. The van der Waals surface area contributed by atoms with Gasteiger partial charge in [0.25, 0.3) is 0 Å². The summed E-state index contributed by atoms with van der Waals surface area (Å²) in [6.45, 7) is 3.54. The Kier molecular flexibility index (Phi) is 4.04. The number of anilines is 1. The lowest BCUT2D eigenvalue weighted by Gasteiger charge is -2.15. The van der Waals surface area contributed by atoms with Crippen molar-refractivity contribution in [1.82, 2.24) is 9.78 Å². The van der Waals surface area contributed by atoms with Gasteiger partial charge in [-0.2, -0.15) is 5.10 Å². The number of aromatic nitrogens is 2. The first-order valence-corrected chi connectivity index (χ1v) is 6.42. The fourth-order valence-electron chi connectivity index (χ4n) is 1.93. The summed E-state index contributed by atoms with van der Waals surface area (Å²) in [6.07, 6.45) is -4.70. The molecular formula is C13H13ClF3N3O. The molecule has 2 N–H and O–H groups in total. The minimum atomic E-state index is -4.70. The fourth-order valence-corrected chi connectivity index (χ4v) is 2.05. The second-order valence-electron chi connectivity index (χ2n) is 4.52. The van der Waals surface area contributed by atoms with Crippen molar-refractivity contribution in [3.8, 4) is 5.75 Å². The van der Waals surface area contributed by atoms with Crippen LogP contribution in [0.15, 0.2) is 24.3 Å². The zero-order valence-corrected chi connectivity index (χ0v) is 12.0. The van der Waals surface area contributed by atoms with E-state index < -0.39 is 6.36 Å². The van der Waals surface area contributed by atoms with Crippen LogP contribution in [0, 0.1) is 6.92 Å². The Morgan fingerprint density at radius 3 is 2.29 bits per heavy atom. The second-order valence-corrected chi connectivity index (χ2v) is 4.90. The number of alkyl halides is 3. The Morgan fingerprint density at radius 1 is 1.29 bits per heavy atom. The minimum Gasteiger partial charge on any atom is -0.406 e. The molecule has 0 bridgehead atoms. The monoisotopic (exact) mass is 319 g/mol. The summed E-state index contributed by atoms with van der Waals surface area (Å²) in [5, 5.41) is 4.59. The molecule has 2 rings (SSSR count). The van der Waals surface area contributed by atoms with Crippen molar-refractivity contribution < 1.29 is 17.9 Å². The van der Waals surface area contributed by atoms with Gasteiger partial charge >= 0.3 is 6.36 Å². The predicted octanol–water partition coefficient (Wildman–Crippen LogP) is 3.94.